The van der Waals surface area contributed by atoms with Crippen molar-refractivity contribution in [2.45, 2.75) is 0 Å². The lowest BCUT2D eigenvalue weighted by Gasteiger charge is -2.08. The lowest BCUT2D eigenvalue weighted by molar-refractivity contribution is -0.384. The minimum Gasteiger partial charge on any atom is -0.496 e. The second-order valence-corrected chi connectivity index (χ2v) is 5.33. The zero-order valence-corrected chi connectivity index (χ0v) is 14.1. The number of hydrogen-bond donors (Lipinski definition) is 1. The number of halogens is 2. The second kappa shape index (κ2) is 8.26. The Morgan fingerprint density at radius 2 is 2.00 bits per heavy atom. The van der Waals surface area contributed by atoms with Crippen molar-refractivity contribution in [2.75, 3.05) is 19.0 Å². The number of anilines is 1. The molecule has 8 nitrogen and oxygen atoms in total. The Morgan fingerprint density at radius 1 is 1.27 bits per heavy atom. The summed E-state index contributed by atoms with van der Waals surface area (Å²) in [5.41, 5.74) is -0.934. The topological polar surface area (TPSA) is 108 Å². The monoisotopic (exact) mass is 382 g/mol. The number of nitrogens with one attached hydrogen (secondary N) is 1. The van der Waals surface area contributed by atoms with Crippen LogP contribution in [0.5, 0.6) is 5.75 Å². The molecule has 0 aromatic heterocycles. The van der Waals surface area contributed by atoms with Gasteiger partial charge in [-0.2, -0.15) is 0 Å². The van der Waals surface area contributed by atoms with Crippen molar-refractivity contribution in [3.8, 4) is 5.75 Å². The van der Waals surface area contributed by atoms with Gasteiger partial charge in [-0.3, -0.25) is 14.9 Å². The van der Waals surface area contributed by atoms with E-state index < -0.39 is 40.5 Å². The molecular formula is C16H12ClFN2O6. The van der Waals surface area contributed by atoms with Crippen molar-refractivity contribution in [1.82, 2.24) is 0 Å². The second-order valence-electron chi connectivity index (χ2n) is 4.89. The van der Waals surface area contributed by atoms with E-state index in [1.165, 1.54) is 25.3 Å². The standard InChI is InChI=1S/C16H12ClFN2O6/c1-25-10-3-5-13(14(7-10)20(23)24)19-15(21)8-26-16(22)11-6-9(17)2-4-12(11)18/h2-7H,8H2,1H3,(H,19,21). The van der Waals surface area contributed by atoms with Crippen LogP contribution in [0.1, 0.15) is 10.4 Å². The van der Waals surface area contributed by atoms with Crippen molar-refractivity contribution in [1.29, 1.82) is 0 Å². The van der Waals surface area contributed by atoms with Crippen LogP contribution in [0.2, 0.25) is 5.02 Å². The third-order valence-corrected chi connectivity index (χ3v) is 3.39. The lowest BCUT2D eigenvalue weighted by Crippen LogP contribution is -2.21. The molecule has 0 aliphatic rings. The van der Waals surface area contributed by atoms with E-state index in [2.05, 4.69) is 5.32 Å². The first kappa shape index (κ1) is 19.1. The highest BCUT2D eigenvalue weighted by atomic mass is 35.5. The van der Waals surface area contributed by atoms with Crippen LogP contribution in [0.25, 0.3) is 0 Å². The van der Waals surface area contributed by atoms with Crippen LogP contribution in [0.4, 0.5) is 15.8 Å². The Balaban J connectivity index is 2.04. The maximum Gasteiger partial charge on any atom is 0.341 e. The Labute approximate surface area is 151 Å². The fourth-order valence-corrected chi connectivity index (χ4v) is 2.12. The van der Waals surface area contributed by atoms with E-state index in [9.17, 15) is 24.1 Å². The van der Waals surface area contributed by atoms with E-state index in [4.69, 9.17) is 21.1 Å². The maximum atomic E-state index is 13.6. The number of hydrogen-bond acceptors (Lipinski definition) is 6. The average molecular weight is 383 g/mol. The van der Waals surface area contributed by atoms with Gasteiger partial charge in [0, 0.05) is 5.02 Å². The van der Waals surface area contributed by atoms with Crippen LogP contribution in [-0.2, 0) is 9.53 Å². The summed E-state index contributed by atoms with van der Waals surface area (Å²) in [6, 6.07) is 7.11. The highest BCUT2D eigenvalue weighted by Gasteiger charge is 2.19. The minimum absolute atomic E-state index is 0.106. The van der Waals surface area contributed by atoms with Gasteiger partial charge in [0.2, 0.25) is 0 Å². The quantitative estimate of drug-likeness (QED) is 0.467. The predicted octanol–water partition coefficient (Wildman–Crippen LogP) is 3.19. The van der Waals surface area contributed by atoms with E-state index in [1.807, 2.05) is 0 Å². The highest BCUT2D eigenvalue weighted by Crippen LogP contribution is 2.28. The Hall–Kier alpha value is -3.20. The largest absolute Gasteiger partial charge is 0.496 e. The van der Waals surface area contributed by atoms with Gasteiger partial charge in [0.1, 0.15) is 17.3 Å². The van der Waals surface area contributed by atoms with Crippen molar-refractivity contribution < 1.29 is 28.4 Å². The molecule has 2 aromatic carbocycles. The zero-order valence-electron chi connectivity index (χ0n) is 13.3. The first-order valence-electron chi connectivity index (χ1n) is 7.06. The van der Waals surface area contributed by atoms with Gasteiger partial charge in [0.15, 0.2) is 6.61 Å². The predicted molar refractivity (Wildman–Crippen MR) is 90.0 cm³/mol. The first-order valence-corrected chi connectivity index (χ1v) is 7.44. The Bertz CT molecular complexity index is 874. The van der Waals surface area contributed by atoms with Gasteiger partial charge >= 0.3 is 5.97 Å². The summed E-state index contributed by atoms with van der Waals surface area (Å²) in [6.45, 7) is -0.770. The molecule has 2 aromatic rings. The molecule has 2 rings (SSSR count). The number of nitrogens with zero attached hydrogens (tertiary/aromatic N) is 1. The smallest absolute Gasteiger partial charge is 0.341 e. The van der Waals surface area contributed by atoms with Crippen molar-refractivity contribution in [2.24, 2.45) is 0 Å². The van der Waals surface area contributed by atoms with E-state index in [1.54, 1.807) is 0 Å². The molecule has 0 fully saturated rings. The van der Waals surface area contributed by atoms with Crippen LogP contribution in [0, 0.1) is 15.9 Å². The number of carbonyl (C=O) groups excluding carboxylic acids is 2. The molecule has 0 bridgehead atoms. The van der Waals surface area contributed by atoms with Crippen LogP contribution in [-0.4, -0.2) is 30.5 Å². The summed E-state index contributed by atoms with van der Waals surface area (Å²) >= 11 is 5.67. The van der Waals surface area contributed by atoms with Crippen LogP contribution < -0.4 is 10.1 Å². The van der Waals surface area contributed by atoms with E-state index >= 15 is 0 Å². The summed E-state index contributed by atoms with van der Waals surface area (Å²) < 4.78 is 23.1. The van der Waals surface area contributed by atoms with Gasteiger partial charge in [-0.15, -0.1) is 0 Å². The maximum absolute atomic E-state index is 13.6. The fraction of sp³-hybridized carbons (Fsp3) is 0.125. The number of amides is 1. The molecule has 10 heteroatoms. The van der Waals surface area contributed by atoms with Crippen LogP contribution in [0.15, 0.2) is 36.4 Å². The van der Waals surface area contributed by atoms with Gasteiger partial charge in [0.25, 0.3) is 11.6 Å². The normalized spacial score (nSPS) is 10.1. The molecule has 0 unspecified atom stereocenters. The molecule has 0 aliphatic carbocycles. The van der Waals surface area contributed by atoms with Crippen molar-refractivity contribution in [3.05, 3.63) is 62.9 Å². The summed E-state index contributed by atoms with van der Waals surface area (Å²) in [7, 11) is 1.34. The van der Waals surface area contributed by atoms with E-state index in [0.717, 1.165) is 18.2 Å². The fourth-order valence-electron chi connectivity index (χ4n) is 1.94. The summed E-state index contributed by atoms with van der Waals surface area (Å²) in [4.78, 5) is 34.0. The molecule has 0 atom stereocenters. The summed E-state index contributed by atoms with van der Waals surface area (Å²) in [5, 5.41) is 13.4. The molecule has 1 amide bonds. The number of carbonyl (C=O) groups is 2. The van der Waals surface area contributed by atoms with Gasteiger partial charge in [-0.05, 0) is 30.3 Å². The number of rotatable bonds is 6. The van der Waals surface area contributed by atoms with E-state index in [0.29, 0.717) is 0 Å². The number of nitro groups is 1. The van der Waals surface area contributed by atoms with Crippen LogP contribution in [0.3, 0.4) is 0 Å². The lowest BCUT2D eigenvalue weighted by atomic mass is 10.2. The molecule has 0 aliphatic heterocycles. The number of nitro benzene ring substituents is 1. The highest BCUT2D eigenvalue weighted by molar-refractivity contribution is 6.30. The molecule has 0 heterocycles. The minimum atomic E-state index is -1.09. The van der Waals surface area contributed by atoms with Gasteiger partial charge < -0.3 is 14.8 Å². The third-order valence-electron chi connectivity index (χ3n) is 3.16. The number of methoxy groups -OCH3 is 1. The van der Waals surface area contributed by atoms with Gasteiger partial charge in [-0.1, -0.05) is 11.6 Å². The van der Waals surface area contributed by atoms with Gasteiger partial charge in [0.05, 0.1) is 23.7 Å². The average Bonchev–Trinajstić information content (AvgIpc) is 2.61. The van der Waals surface area contributed by atoms with Gasteiger partial charge in [-0.25, -0.2) is 9.18 Å². The molecule has 0 saturated carbocycles. The summed E-state index contributed by atoms with van der Waals surface area (Å²) in [6.07, 6.45) is 0. The Morgan fingerprint density at radius 3 is 2.65 bits per heavy atom. The molecule has 136 valence electrons. The van der Waals surface area contributed by atoms with Crippen LogP contribution >= 0.6 is 11.6 Å². The summed E-state index contributed by atoms with van der Waals surface area (Å²) in [5.74, 6) is -2.55. The number of benzene rings is 2. The van der Waals surface area contributed by atoms with Crippen molar-refractivity contribution in [3.63, 3.8) is 0 Å². The molecule has 0 saturated heterocycles. The molecule has 26 heavy (non-hydrogen) atoms. The van der Waals surface area contributed by atoms with Crippen molar-refractivity contribution >= 4 is 34.9 Å². The molecule has 1 N–H and O–H groups in total. The third kappa shape index (κ3) is 4.67. The molecule has 0 spiro atoms. The molecular weight excluding hydrogens is 371 g/mol. The number of ether oxygens (including phenoxy) is 2. The zero-order chi connectivity index (χ0) is 19.3. The first-order chi connectivity index (χ1) is 12.3. The molecule has 0 radical (unpaired) electrons. The SMILES string of the molecule is COc1ccc(NC(=O)COC(=O)c2cc(Cl)ccc2F)c([N+](=O)[O-])c1. The number of esters is 1. The Kier molecular flexibility index (Phi) is 6.07. The van der Waals surface area contributed by atoms with E-state index in [-0.39, 0.29) is 16.5 Å².